The van der Waals surface area contributed by atoms with Gasteiger partial charge >= 0.3 is 11.9 Å². The monoisotopic (exact) mass is 184 g/mol. The molecule has 13 heavy (non-hydrogen) atoms. The molecule has 0 radical (unpaired) electrons. The van der Waals surface area contributed by atoms with Crippen LogP contribution in [0.25, 0.3) is 0 Å². The van der Waals surface area contributed by atoms with Gasteiger partial charge in [-0.15, -0.1) is 0 Å². The summed E-state index contributed by atoms with van der Waals surface area (Å²) in [7, 11) is 0. The molecule has 0 spiro atoms. The summed E-state index contributed by atoms with van der Waals surface area (Å²) in [6.45, 7) is 1.98. The maximum atomic E-state index is 10.3. The maximum Gasteiger partial charge on any atom is 0.343 e. The van der Waals surface area contributed by atoms with E-state index < -0.39 is 17.5 Å². The van der Waals surface area contributed by atoms with E-state index in [1.165, 1.54) is 6.08 Å². The van der Waals surface area contributed by atoms with Crippen molar-refractivity contribution in [2.24, 2.45) is 0 Å². The van der Waals surface area contributed by atoms with Gasteiger partial charge in [0, 0.05) is 0 Å². The predicted molar refractivity (Wildman–Crippen MR) is 47.4 cm³/mol. The number of carbonyl (C=O) groups is 2. The summed E-state index contributed by atoms with van der Waals surface area (Å²) >= 11 is 0. The van der Waals surface area contributed by atoms with Crippen LogP contribution < -0.4 is 0 Å². The van der Waals surface area contributed by atoms with Crippen LogP contribution >= 0.6 is 0 Å². The Labute approximate surface area is 76.2 Å². The fourth-order valence-electron chi connectivity index (χ4n) is 0.661. The molecule has 4 nitrogen and oxygen atoms in total. The first-order chi connectivity index (χ1) is 6.09. The van der Waals surface area contributed by atoms with Gasteiger partial charge in [-0.05, 0) is 12.5 Å². The van der Waals surface area contributed by atoms with Gasteiger partial charge in [-0.1, -0.05) is 25.5 Å². The Morgan fingerprint density at radius 3 is 2.15 bits per heavy atom. The van der Waals surface area contributed by atoms with Crippen molar-refractivity contribution in [3.63, 3.8) is 0 Å². The van der Waals surface area contributed by atoms with E-state index in [4.69, 9.17) is 10.2 Å². The van der Waals surface area contributed by atoms with Crippen LogP contribution in [-0.4, -0.2) is 22.2 Å². The summed E-state index contributed by atoms with van der Waals surface area (Å²) in [5.41, 5.74) is -0.618. The Hall–Kier alpha value is -1.58. The lowest BCUT2D eigenvalue weighted by Gasteiger charge is -1.91. The second-order valence-corrected chi connectivity index (χ2v) is 2.41. The molecule has 0 fully saturated rings. The molecule has 0 amide bonds. The predicted octanol–water partition coefficient (Wildman–Crippen LogP) is 1.44. The largest absolute Gasteiger partial charge is 0.477 e. The van der Waals surface area contributed by atoms with E-state index >= 15 is 0 Å². The SMILES string of the molecule is CCCC=CC=C(C(=O)O)C(=O)O. The third-order valence-corrected chi connectivity index (χ3v) is 1.32. The fraction of sp³-hybridized carbons (Fsp3) is 0.333. The zero-order valence-electron chi connectivity index (χ0n) is 7.36. The molecule has 0 heterocycles. The molecule has 0 aliphatic rings. The van der Waals surface area contributed by atoms with Gasteiger partial charge in [0.1, 0.15) is 5.57 Å². The number of allylic oxidation sites excluding steroid dienone is 3. The van der Waals surface area contributed by atoms with Crippen LogP contribution in [0.1, 0.15) is 19.8 Å². The van der Waals surface area contributed by atoms with Crippen LogP contribution in [0.2, 0.25) is 0 Å². The molecule has 0 atom stereocenters. The van der Waals surface area contributed by atoms with Gasteiger partial charge < -0.3 is 10.2 Å². The van der Waals surface area contributed by atoms with Crippen molar-refractivity contribution in [3.8, 4) is 0 Å². The standard InChI is InChI=1S/C9H12O4/c1-2-3-4-5-6-7(8(10)11)9(12)13/h4-6H,2-3H2,1H3,(H,10,11)(H,12,13). The Kier molecular flexibility index (Phi) is 5.27. The quantitative estimate of drug-likeness (QED) is 0.293. The summed E-state index contributed by atoms with van der Waals surface area (Å²) in [5.74, 6) is -2.85. The van der Waals surface area contributed by atoms with Gasteiger partial charge in [-0.2, -0.15) is 0 Å². The second-order valence-electron chi connectivity index (χ2n) is 2.41. The number of carboxylic acids is 2. The summed E-state index contributed by atoms with van der Waals surface area (Å²) in [6, 6.07) is 0. The summed E-state index contributed by atoms with van der Waals surface area (Å²) in [5, 5.41) is 16.8. The Bertz CT molecular complexity index is 234. The molecular formula is C9H12O4. The van der Waals surface area contributed by atoms with E-state index in [0.717, 1.165) is 18.9 Å². The number of hydrogen-bond acceptors (Lipinski definition) is 2. The average molecular weight is 184 g/mol. The van der Waals surface area contributed by atoms with Crippen molar-refractivity contribution in [3.05, 3.63) is 23.8 Å². The fourth-order valence-corrected chi connectivity index (χ4v) is 0.661. The smallest absolute Gasteiger partial charge is 0.343 e. The van der Waals surface area contributed by atoms with E-state index in [2.05, 4.69) is 0 Å². The highest BCUT2D eigenvalue weighted by molar-refractivity contribution is 6.12. The summed E-state index contributed by atoms with van der Waals surface area (Å²) in [6.07, 6.45) is 6.01. The molecule has 0 saturated carbocycles. The van der Waals surface area contributed by atoms with Gasteiger partial charge in [-0.3, -0.25) is 0 Å². The van der Waals surface area contributed by atoms with Crippen LogP contribution in [0, 0.1) is 0 Å². The molecule has 0 aromatic carbocycles. The maximum absolute atomic E-state index is 10.3. The molecule has 2 N–H and O–H groups in total. The normalized spacial score (nSPS) is 9.92. The van der Waals surface area contributed by atoms with Crippen molar-refractivity contribution in [1.82, 2.24) is 0 Å². The second kappa shape index (κ2) is 5.99. The molecular weight excluding hydrogens is 172 g/mol. The van der Waals surface area contributed by atoms with Crippen LogP contribution in [-0.2, 0) is 9.59 Å². The van der Waals surface area contributed by atoms with Gasteiger partial charge in [0.25, 0.3) is 0 Å². The molecule has 0 aliphatic carbocycles. The summed E-state index contributed by atoms with van der Waals surface area (Å²) in [4.78, 5) is 20.6. The minimum Gasteiger partial charge on any atom is -0.477 e. The zero-order chi connectivity index (χ0) is 10.3. The average Bonchev–Trinajstić information content (AvgIpc) is 2.02. The van der Waals surface area contributed by atoms with Crippen LogP contribution in [0.15, 0.2) is 23.8 Å². The first-order valence-electron chi connectivity index (χ1n) is 3.93. The van der Waals surface area contributed by atoms with Crippen molar-refractivity contribution < 1.29 is 19.8 Å². The molecule has 0 aliphatic heterocycles. The Morgan fingerprint density at radius 2 is 1.77 bits per heavy atom. The van der Waals surface area contributed by atoms with Crippen LogP contribution in [0.5, 0.6) is 0 Å². The van der Waals surface area contributed by atoms with E-state index in [1.54, 1.807) is 6.08 Å². The van der Waals surface area contributed by atoms with E-state index in [-0.39, 0.29) is 0 Å². The highest BCUT2D eigenvalue weighted by Crippen LogP contribution is 1.97. The third-order valence-electron chi connectivity index (χ3n) is 1.32. The highest BCUT2D eigenvalue weighted by Gasteiger charge is 2.13. The van der Waals surface area contributed by atoms with Gasteiger partial charge in [0.15, 0.2) is 0 Å². The molecule has 0 aromatic heterocycles. The van der Waals surface area contributed by atoms with Crippen molar-refractivity contribution in [2.75, 3.05) is 0 Å². The minimum atomic E-state index is -1.42. The lowest BCUT2D eigenvalue weighted by atomic mass is 10.2. The Balaban J connectivity index is 4.38. The topological polar surface area (TPSA) is 74.6 Å². The number of carboxylic acid groups (broad SMARTS) is 2. The van der Waals surface area contributed by atoms with Crippen LogP contribution in [0.4, 0.5) is 0 Å². The van der Waals surface area contributed by atoms with Crippen molar-refractivity contribution >= 4 is 11.9 Å². The first kappa shape index (κ1) is 11.4. The highest BCUT2D eigenvalue weighted by atomic mass is 16.4. The molecule has 4 heteroatoms. The van der Waals surface area contributed by atoms with Crippen molar-refractivity contribution in [2.45, 2.75) is 19.8 Å². The lowest BCUT2D eigenvalue weighted by molar-refractivity contribution is -0.140. The van der Waals surface area contributed by atoms with Gasteiger partial charge in [-0.25, -0.2) is 9.59 Å². The molecule has 0 saturated heterocycles. The summed E-state index contributed by atoms with van der Waals surface area (Å²) < 4.78 is 0. The first-order valence-corrected chi connectivity index (χ1v) is 3.93. The van der Waals surface area contributed by atoms with E-state index in [1.807, 2.05) is 6.92 Å². The molecule has 0 aromatic rings. The zero-order valence-corrected chi connectivity index (χ0v) is 7.36. The Morgan fingerprint density at radius 1 is 1.23 bits per heavy atom. The molecule has 72 valence electrons. The molecule has 0 bridgehead atoms. The molecule has 0 unspecified atom stereocenters. The number of unbranched alkanes of at least 4 members (excludes halogenated alkanes) is 1. The van der Waals surface area contributed by atoms with Gasteiger partial charge in [0.2, 0.25) is 0 Å². The van der Waals surface area contributed by atoms with Crippen LogP contribution in [0.3, 0.4) is 0 Å². The number of hydrogen-bond donors (Lipinski definition) is 2. The van der Waals surface area contributed by atoms with E-state index in [0.29, 0.717) is 0 Å². The lowest BCUT2D eigenvalue weighted by Crippen LogP contribution is -2.10. The molecule has 0 rings (SSSR count). The van der Waals surface area contributed by atoms with E-state index in [9.17, 15) is 9.59 Å². The number of rotatable bonds is 5. The number of aliphatic carboxylic acids is 2. The third kappa shape index (κ3) is 4.79. The van der Waals surface area contributed by atoms with Gasteiger partial charge in [0.05, 0.1) is 0 Å². The van der Waals surface area contributed by atoms with Crippen molar-refractivity contribution in [1.29, 1.82) is 0 Å². The minimum absolute atomic E-state index is 0.618.